The van der Waals surface area contributed by atoms with Crippen LogP contribution in [0.2, 0.25) is 0 Å². The van der Waals surface area contributed by atoms with E-state index in [2.05, 4.69) is 5.32 Å². The maximum atomic E-state index is 12.2. The number of hydrogen-bond acceptors (Lipinski definition) is 3. The normalized spacial score (nSPS) is 11.0. The molecule has 5 heteroatoms. The Balaban J connectivity index is 2.62. The van der Waals surface area contributed by atoms with Crippen LogP contribution in [0, 0.1) is 20.8 Å². The van der Waals surface area contributed by atoms with Gasteiger partial charge >= 0.3 is 0 Å². The van der Waals surface area contributed by atoms with Gasteiger partial charge in [-0.3, -0.25) is 14.5 Å². The van der Waals surface area contributed by atoms with E-state index in [4.69, 9.17) is 0 Å². The minimum Gasteiger partial charge on any atom is -0.342 e. The third kappa shape index (κ3) is 5.67. The third-order valence-electron chi connectivity index (χ3n) is 3.93. The quantitative estimate of drug-likeness (QED) is 0.876. The van der Waals surface area contributed by atoms with Crippen LogP contribution in [0.1, 0.15) is 30.5 Å². The fourth-order valence-electron chi connectivity index (χ4n) is 2.49. The Kier molecular flexibility index (Phi) is 6.76. The Morgan fingerprint density at radius 2 is 1.57 bits per heavy atom. The van der Waals surface area contributed by atoms with E-state index >= 15 is 0 Å². The van der Waals surface area contributed by atoms with Crippen LogP contribution in [-0.2, 0) is 9.59 Å². The van der Waals surface area contributed by atoms with Crippen molar-refractivity contribution in [3.8, 4) is 0 Å². The molecule has 1 aromatic carbocycles. The highest BCUT2D eigenvalue weighted by Crippen LogP contribution is 2.21. The monoisotopic (exact) mass is 319 g/mol. The summed E-state index contributed by atoms with van der Waals surface area (Å²) < 4.78 is 0. The molecular formula is C18H29N3O2. The molecule has 0 unspecified atom stereocenters. The third-order valence-corrected chi connectivity index (χ3v) is 3.93. The number of rotatable bonds is 6. The van der Waals surface area contributed by atoms with E-state index in [0.29, 0.717) is 0 Å². The molecule has 23 heavy (non-hydrogen) atoms. The number of carbonyl (C=O) groups excluding carboxylic acids is 2. The molecule has 128 valence electrons. The van der Waals surface area contributed by atoms with Gasteiger partial charge < -0.3 is 10.2 Å². The number of aryl methyl sites for hydroxylation is 3. The van der Waals surface area contributed by atoms with Crippen molar-refractivity contribution in [2.45, 2.75) is 40.7 Å². The van der Waals surface area contributed by atoms with Gasteiger partial charge in [0, 0.05) is 18.8 Å². The topological polar surface area (TPSA) is 52.7 Å². The number of nitrogens with zero attached hydrogens (tertiary/aromatic N) is 2. The van der Waals surface area contributed by atoms with E-state index in [-0.39, 0.29) is 30.9 Å². The van der Waals surface area contributed by atoms with Crippen molar-refractivity contribution in [1.82, 2.24) is 9.80 Å². The van der Waals surface area contributed by atoms with Gasteiger partial charge in [0.1, 0.15) is 0 Å². The molecule has 0 bridgehead atoms. The number of benzene rings is 1. The van der Waals surface area contributed by atoms with Gasteiger partial charge in [0.05, 0.1) is 13.1 Å². The Bertz CT molecular complexity index is 559. The van der Waals surface area contributed by atoms with Crippen molar-refractivity contribution in [1.29, 1.82) is 0 Å². The first-order valence-electron chi connectivity index (χ1n) is 7.93. The van der Waals surface area contributed by atoms with Crippen molar-refractivity contribution in [3.63, 3.8) is 0 Å². The molecule has 5 nitrogen and oxygen atoms in total. The minimum atomic E-state index is -0.109. The molecule has 1 aromatic rings. The summed E-state index contributed by atoms with van der Waals surface area (Å²) >= 11 is 0. The Hall–Kier alpha value is -1.88. The Morgan fingerprint density at radius 3 is 2.04 bits per heavy atom. The molecule has 0 aliphatic heterocycles. The largest absolute Gasteiger partial charge is 0.342 e. The second kappa shape index (κ2) is 8.11. The smallest absolute Gasteiger partial charge is 0.238 e. The molecule has 0 aromatic heterocycles. The van der Waals surface area contributed by atoms with E-state index in [1.807, 2.05) is 46.8 Å². The van der Waals surface area contributed by atoms with Crippen LogP contribution in [0.15, 0.2) is 12.1 Å². The number of nitrogens with one attached hydrogen (secondary N) is 1. The van der Waals surface area contributed by atoms with Crippen LogP contribution in [-0.4, -0.2) is 54.8 Å². The average molecular weight is 319 g/mol. The molecule has 2 amide bonds. The lowest BCUT2D eigenvalue weighted by Crippen LogP contribution is -2.42. The summed E-state index contributed by atoms with van der Waals surface area (Å²) in [6, 6.07) is 4.25. The molecule has 0 heterocycles. The molecule has 0 atom stereocenters. The van der Waals surface area contributed by atoms with Crippen molar-refractivity contribution in [2.24, 2.45) is 0 Å². The summed E-state index contributed by atoms with van der Waals surface area (Å²) in [5.41, 5.74) is 4.14. The first-order valence-corrected chi connectivity index (χ1v) is 7.93. The maximum Gasteiger partial charge on any atom is 0.238 e. The van der Waals surface area contributed by atoms with E-state index in [9.17, 15) is 9.59 Å². The fourth-order valence-corrected chi connectivity index (χ4v) is 2.49. The lowest BCUT2D eigenvalue weighted by Gasteiger charge is -2.24. The molecule has 0 aliphatic carbocycles. The van der Waals surface area contributed by atoms with Gasteiger partial charge in [-0.05, 0) is 52.8 Å². The molecule has 1 rings (SSSR count). The molecule has 1 N–H and O–H groups in total. The van der Waals surface area contributed by atoms with Gasteiger partial charge in [0.2, 0.25) is 11.8 Å². The number of amides is 2. The summed E-state index contributed by atoms with van der Waals surface area (Å²) in [5, 5.41) is 2.96. The van der Waals surface area contributed by atoms with Gasteiger partial charge in [0.25, 0.3) is 0 Å². The van der Waals surface area contributed by atoms with Crippen molar-refractivity contribution in [2.75, 3.05) is 32.5 Å². The summed E-state index contributed by atoms with van der Waals surface area (Å²) in [5.74, 6) is -0.0967. The summed E-state index contributed by atoms with van der Waals surface area (Å²) in [6.07, 6.45) is 0. The van der Waals surface area contributed by atoms with E-state index < -0.39 is 0 Å². The zero-order chi connectivity index (χ0) is 17.7. The lowest BCUT2D eigenvalue weighted by atomic mass is 10.1. The van der Waals surface area contributed by atoms with Gasteiger partial charge in [-0.1, -0.05) is 17.7 Å². The Labute approximate surface area is 139 Å². The van der Waals surface area contributed by atoms with Gasteiger partial charge in [0.15, 0.2) is 0 Å². The van der Waals surface area contributed by atoms with Gasteiger partial charge in [-0.25, -0.2) is 0 Å². The first-order chi connectivity index (χ1) is 10.6. The first kappa shape index (κ1) is 19.2. The van der Waals surface area contributed by atoms with E-state index in [1.54, 1.807) is 23.9 Å². The standard InChI is InChI=1S/C18H29N3O2/c1-12(2)21(7)17(23)11-20(6)10-16(22)19-18-14(4)8-13(3)9-15(18)5/h8-9,12H,10-11H2,1-7H3,(H,19,22). The van der Waals surface area contributed by atoms with Crippen LogP contribution >= 0.6 is 0 Å². The molecular weight excluding hydrogens is 290 g/mol. The predicted octanol–water partition coefficient (Wildman–Crippen LogP) is 2.35. The van der Waals surface area contributed by atoms with Crippen LogP contribution in [0.3, 0.4) is 0 Å². The molecule has 0 fully saturated rings. The van der Waals surface area contributed by atoms with Crippen LogP contribution in [0.25, 0.3) is 0 Å². The summed E-state index contributed by atoms with van der Waals surface area (Å²) in [4.78, 5) is 27.7. The predicted molar refractivity (Wildman–Crippen MR) is 94.7 cm³/mol. The van der Waals surface area contributed by atoms with Gasteiger partial charge in [-0.2, -0.15) is 0 Å². The van der Waals surface area contributed by atoms with Crippen LogP contribution in [0.4, 0.5) is 5.69 Å². The van der Waals surface area contributed by atoms with Crippen molar-refractivity contribution >= 4 is 17.5 Å². The van der Waals surface area contributed by atoms with E-state index in [1.165, 1.54) is 5.56 Å². The van der Waals surface area contributed by atoms with Crippen molar-refractivity contribution < 1.29 is 9.59 Å². The van der Waals surface area contributed by atoms with E-state index in [0.717, 1.165) is 16.8 Å². The zero-order valence-electron chi connectivity index (χ0n) is 15.4. The highest BCUT2D eigenvalue weighted by molar-refractivity contribution is 5.94. The maximum absolute atomic E-state index is 12.2. The van der Waals surface area contributed by atoms with Crippen LogP contribution < -0.4 is 5.32 Å². The molecule has 0 radical (unpaired) electrons. The molecule has 0 saturated heterocycles. The highest BCUT2D eigenvalue weighted by atomic mass is 16.2. The minimum absolute atomic E-state index is 0.0120. The van der Waals surface area contributed by atoms with Gasteiger partial charge in [-0.15, -0.1) is 0 Å². The molecule has 0 saturated carbocycles. The second-order valence-corrected chi connectivity index (χ2v) is 6.59. The number of anilines is 1. The second-order valence-electron chi connectivity index (χ2n) is 6.59. The lowest BCUT2D eigenvalue weighted by molar-refractivity contribution is -0.132. The number of carbonyl (C=O) groups is 2. The Morgan fingerprint density at radius 1 is 1.04 bits per heavy atom. The van der Waals surface area contributed by atoms with Crippen LogP contribution in [0.5, 0.6) is 0 Å². The molecule has 0 aliphatic rings. The van der Waals surface area contributed by atoms with Crippen molar-refractivity contribution in [3.05, 3.63) is 28.8 Å². The summed E-state index contributed by atoms with van der Waals surface area (Å²) in [7, 11) is 3.56. The average Bonchev–Trinajstić information content (AvgIpc) is 2.41. The number of hydrogen-bond donors (Lipinski definition) is 1. The SMILES string of the molecule is Cc1cc(C)c(NC(=O)CN(C)CC(=O)N(C)C(C)C)c(C)c1. The number of likely N-dealkylation sites (N-methyl/N-ethyl adjacent to an activating group) is 2. The zero-order valence-corrected chi connectivity index (χ0v) is 15.4. The fraction of sp³-hybridized carbons (Fsp3) is 0.556. The summed E-state index contributed by atoms with van der Waals surface area (Å²) in [6.45, 7) is 10.4. The molecule has 0 spiro atoms. The highest BCUT2D eigenvalue weighted by Gasteiger charge is 2.16.